The van der Waals surface area contributed by atoms with Gasteiger partial charge in [-0.15, -0.1) is 0 Å². The van der Waals surface area contributed by atoms with Gasteiger partial charge in [-0.25, -0.2) is 0 Å². The van der Waals surface area contributed by atoms with Crippen molar-refractivity contribution in [3.8, 4) is 0 Å². The first-order chi connectivity index (χ1) is 7.83. The molecule has 4 rings (SSSR count). The van der Waals surface area contributed by atoms with Gasteiger partial charge in [0.2, 0.25) is 0 Å². The van der Waals surface area contributed by atoms with Crippen LogP contribution in [0.25, 0.3) is 0 Å². The number of hydrogen-bond donors (Lipinski definition) is 1. The van der Waals surface area contributed by atoms with E-state index in [9.17, 15) is 0 Å². The minimum Gasteiger partial charge on any atom is -0.378 e. The molecule has 6 unspecified atom stereocenters. The number of hydrogen-bond acceptors (Lipinski definition) is 2. The normalized spacial score (nSPS) is 58.7. The van der Waals surface area contributed by atoms with E-state index in [-0.39, 0.29) is 0 Å². The van der Waals surface area contributed by atoms with E-state index in [2.05, 4.69) is 12.2 Å². The van der Waals surface area contributed by atoms with Crippen LogP contribution in [0.4, 0.5) is 0 Å². The first-order valence-corrected chi connectivity index (χ1v) is 7.20. The van der Waals surface area contributed by atoms with Crippen LogP contribution in [-0.4, -0.2) is 24.8 Å². The zero-order chi connectivity index (χ0) is 10.7. The van der Waals surface area contributed by atoms with Gasteiger partial charge in [-0.05, 0) is 62.7 Å². The largest absolute Gasteiger partial charge is 0.378 e. The smallest absolute Gasteiger partial charge is 0.0561 e. The zero-order valence-electron chi connectivity index (χ0n) is 10.2. The molecule has 1 saturated heterocycles. The van der Waals surface area contributed by atoms with Gasteiger partial charge in [-0.1, -0.05) is 0 Å². The second-order valence-electron chi connectivity index (χ2n) is 6.58. The lowest BCUT2D eigenvalue weighted by molar-refractivity contribution is 0.0123. The van der Waals surface area contributed by atoms with Gasteiger partial charge in [0.15, 0.2) is 0 Å². The Morgan fingerprint density at radius 3 is 2.44 bits per heavy atom. The van der Waals surface area contributed by atoms with Crippen LogP contribution in [0.1, 0.15) is 39.0 Å². The topological polar surface area (TPSA) is 21.3 Å². The van der Waals surface area contributed by atoms with E-state index in [0.29, 0.717) is 6.10 Å². The maximum absolute atomic E-state index is 5.62. The molecule has 1 heterocycles. The molecule has 16 heavy (non-hydrogen) atoms. The summed E-state index contributed by atoms with van der Waals surface area (Å²) in [4.78, 5) is 0. The molecule has 0 aromatic heterocycles. The number of fused-ring (bicyclic) bond motifs is 5. The van der Waals surface area contributed by atoms with Crippen molar-refractivity contribution in [2.75, 3.05) is 6.61 Å². The molecule has 4 aliphatic rings. The fraction of sp³-hybridized carbons (Fsp3) is 1.00. The van der Waals surface area contributed by atoms with E-state index >= 15 is 0 Å². The monoisotopic (exact) mass is 221 g/mol. The molecule has 0 spiro atoms. The molecule has 0 radical (unpaired) electrons. The molecular formula is C14H23NO. The molecule has 0 aromatic rings. The van der Waals surface area contributed by atoms with Crippen molar-refractivity contribution in [1.82, 2.24) is 5.32 Å². The average Bonchev–Trinajstić information content (AvgIpc) is 2.70. The summed E-state index contributed by atoms with van der Waals surface area (Å²) in [7, 11) is 0. The van der Waals surface area contributed by atoms with E-state index in [1.54, 1.807) is 6.42 Å². The Morgan fingerprint density at radius 2 is 1.75 bits per heavy atom. The maximum Gasteiger partial charge on any atom is 0.0561 e. The molecule has 1 aliphatic heterocycles. The van der Waals surface area contributed by atoms with Gasteiger partial charge >= 0.3 is 0 Å². The van der Waals surface area contributed by atoms with Crippen molar-refractivity contribution in [2.24, 2.45) is 23.7 Å². The maximum atomic E-state index is 5.62. The second-order valence-corrected chi connectivity index (χ2v) is 6.58. The van der Waals surface area contributed by atoms with E-state index in [1.165, 1.54) is 25.7 Å². The van der Waals surface area contributed by atoms with E-state index < -0.39 is 0 Å². The SMILES string of the molecule is CC1CC(NC2C3C4CCC(C4)C23)CCO1. The summed E-state index contributed by atoms with van der Waals surface area (Å²) in [5.41, 5.74) is 0. The third kappa shape index (κ3) is 1.39. The highest BCUT2D eigenvalue weighted by Gasteiger charge is 2.64. The lowest BCUT2D eigenvalue weighted by atomic mass is 10.0. The van der Waals surface area contributed by atoms with Crippen LogP contribution in [0.2, 0.25) is 0 Å². The number of rotatable bonds is 2. The molecule has 2 nitrogen and oxygen atoms in total. The first-order valence-electron chi connectivity index (χ1n) is 7.20. The van der Waals surface area contributed by atoms with Crippen molar-refractivity contribution in [2.45, 2.75) is 57.2 Å². The Hall–Kier alpha value is -0.0800. The third-order valence-corrected chi connectivity index (χ3v) is 5.65. The van der Waals surface area contributed by atoms with Gasteiger partial charge < -0.3 is 10.1 Å². The predicted octanol–water partition coefficient (Wildman–Crippen LogP) is 2.19. The van der Waals surface area contributed by atoms with Crippen LogP contribution in [0.15, 0.2) is 0 Å². The fourth-order valence-electron chi connectivity index (χ4n) is 4.97. The molecule has 1 N–H and O–H groups in total. The van der Waals surface area contributed by atoms with Crippen molar-refractivity contribution < 1.29 is 4.74 Å². The minimum atomic E-state index is 0.474. The van der Waals surface area contributed by atoms with Gasteiger partial charge in [-0.2, -0.15) is 0 Å². The predicted molar refractivity (Wildman–Crippen MR) is 63.2 cm³/mol. The standard InChI is InChI=1S/C14H23NO/c1-8-6-11(4-5-16-8)15-14-12-9-2-3-10(7-9)13(12)14/h8-15H,2-7H2,1H3. The van der Waals surface area contributed by atoms with Gasteiger partial charge in [-0.3, -0.25) is 0 Å². The van der Waals surface area contributed by atoms with Crippen molar-refractivity contribution in [3.05, 3.63) is 0 Å². The highest BCUT2D eigenvalue weighted by molar-refractivity contribution is 5.17. The van der Waals surface area contributed by atoms with Crippen LogP contribution >= 0.6 is 0 Å². The summed E-state index contributed by atoms with van der Waals surface area (Å²) in [5.74, 6) is 4.36. The van der Waals surface area contributed by atoms with E-state index in [0.717, 1.165) is 42.4 Å². The Bertz CT molecular complexity index is 276. The average molecular weight is 221 g/mol. The van der Waals surface area contributed by atoms with Gasteiger partial charge in [0.1, 0.15) is 0 Å². The summed E-state index contributed by atoms with van der Waals surface area (Å²) >= 11 is 0. The molecule has 6 atom stereocenters. The summed E-state index contributed by atoms with van der Waals surface area (Å²) in [5, 5.41) is 3.95. The molecule has 2 bridgehead atoms. The molecule has 0 amide bonds. The van der Waals surface area contributed by atoms with Crippen molar-refractivity contribution >= 4 is 0 Å². The van der Waals surface area contributed by atoms with Gasteiger partial charge in [0.05, 0.1) is 6.10 Å². The number of ether oxygens (including phenoxy) is 1. The van der Waals surface area contributed by atoms with Crippen LogP contribution < -0.4 is 5.32 Å². The molecule has 0 aromatic carbocycles. The molecule has 3 aliphatic carbocycles. The lowest BCUT2D eigenvalue weighted by Gasteiger charge is -2.29. The first kappa shape index (κ1) is 9.90. The summed E-state index contributed by atoms with van der Waals surface area (Å²) in [6.07, 6.45) is 7.57. The molecule has 3 saturated carbocycles. The Morgan fingerprint density at radius 1 is 1.00 bits per heavy atom. The van der Waals surface area contributed by atoms with Crippen LogP contribution in [0.5, 0.6) is 0 Å². The van der Waals surface area contributed by atoms with Crippen molar-refractivity contribution in [1.29, 1.82) is 0 Å². The fourth-order valence-corrected chi connectivity index (χ4v) is 4.97. The van der Waals surface area contributed by atoms with Crippen LogP contribution in [0.3, 0.4) is 0 Å². The van der Waals surface area contributed by atoms with Crippen LogP contribution in [0, 0.1) is 23.7 Å². The molecule has 4 fully saturated rings. The summed E-state index contributed by atoms with van der Waals surface area (Å²) < 4.78 is 5.62. The Labute approximate surface area is 98.1 Å². The highest BCUT2D eigenvalue weighted by atomic mass is 16.5. The van der Waals surface area contributed by atoms with Crippen LogP contribution in [-0.2, 0) is 4.74 Å². The molecule has 2 heteroatoms. The Balaban J connectivity index is 1.36. The second kappa shape index (κ2) is 3.46. The number of nitrogens with one attached hydrogen (secondary N) is 1. The molecule has 90 valence electrons. The third-order valence-electron chi connectivity index (χ3n) is 5.65. The van der Waals surface area contributed by atoms with Gasteiger partial charge in [0, 0.05) is 18.7 Å². The van der Waals surface area contributed by atoms with E-state index in [4.69, 9.17) is 4.74 Å². The quantitative estimate of drug-likeness (QED) is 0.772. The lowest BCUT2D eigenvalue weighted by Crippen LogP contribution is -2.40. The van der Waals surface area contributed by atoms with Gasteiger partial charge in [0.25, 0.3) is 0 Å². The zero-order valence-corrected chi connectivity index (χ0v) is 10.2. The molecular weight excluding hydrogens is 198 g/mol. The van der Waals surface area contributed by atoms with E-state index in [1.807, 2.05) is 0 Å². The highest BCUT2D eigenvalue weighted by Crippen LogP contribution is 2.65. The summed E-state index contributed by atoms with van der Waals surface area (Å²) in [6, 6.07) is 1.65. The van der Waals surface area contributed by atoms with Crippen molar-refractivity contribution in [3.63, 3.8) is 0 Å². The Kier molecular flexibility index (Phi) is 2.14. The summed E-state index contributed by atoms with van der Waals surface area (Å²) in [6.45, 7) is 3.18. The minimum absolute atomic E-state index is 0.474.